The normalized spacial score (nSPS) is 10.9. The van der Waals surface area contributed by atoms with Gasteiger partial charge in [-0.15, -0.1) is 0 Å². The van der Waals surface area contributed by atoms with Crippen LogP contribution in [-0.4, -0.2) is 21.9 Å². The highest BCUT2D eigenvalue weighted by molar-refractivity contribution is 5.94. The Balaban J connectivity index is 1.78. The highest BCUT2D eigenvalue weighted by Crippen LogP contribution is 2.15. The SMILES string of the molecule is CCCCCN(Cc1cccn1Cc1ccc(F)cc1)C(=O)c1cccc(F)c1. The standard InChI is InChI=1S/C24H26F2N2O/c1-2-3-4-14-28(24(29)20-7-5-8-22(26)16-20)18-23-9-6-15-27(23)17-19-10-12-21(25)13-11-19/h5-13,15-16H,2-4,14,17-18H2,1H3. The van der Waals surface area contributed by atoms with Gasteiger partial charge in [-0.05, 0) is 54.4 Å². The van der Waals surface area contributed by atoms with E-state index in [9.17, 15) is 13.6 Å². The summed E-state index contributed by atoms with van der Waals surface area (Å²) in [5, 5.41) is 0. The van der Waals surface area contributed by atoms with Crippen molar-refractivity contribution in [3.05, 3.63) is 95.3 Å². The van der Waals surface area contributed by atoms with Gasteiger partial charge in [0, 0.05) is 30.5 Å². The molecule has 1 amide bonds. The van der Waals surface area contributed by atoms with E-state index >= 15 is 0 Å². The van der Waals surface area contributed by atoms with Gasteiger partial charge in [0.05, 0.1) is 6.54 Å². The van der Waals surface area contributed by atoms with Gasteiger partial charge in [-0.1, -0.05) is 38.0 Å². The first-order valence-corrected chi connectivity index (χ1v) is 10.00. The van der Waals surface area contributed by atoms with Crippen molar-refractivity contribution in [2.24, 2.45) is 0 Å². The van der Waals surface area contributed by atoms with E-state index in [1.807, 2.05) is 18.3 Å². The van der Waals surface area contributed by atoms with Crippen molar-refractivity contribution in [2.45, 2.75) is 39.3 Å². The Hall–Kier alpha value is -2.95. The molecule has 1 heterocycles. The molecule has 0 atom stereocenters. The second kappa shape index (κ2) is 10.0. The second-order valence-electron chi connectivity index (χ2n) is 7.20. The zero-order valence-corrected chi connectivity index (χ0v) is 16.7. The van der Waals surface area contributed by atoms with Gasteiger partial charge in [0.1, 0.15) is 11.6 Å². The lowest BCUT2D eigenvalue weighted by atomic mass is 10.1. The average molecular weight is 396 g/mol. The Morgan fingerprint density at radius 1 is 0.966 bits per heavy atom. The molecule has 3 aromatic rings. The first kappa shape index (κ1) is 20.8. The van der Waals surface area contributed by atoms with Crippen molar-refractivity contribution in [3.63, 3.8) is 0 Å². The minimum atomic E-state index is -0.413. The summed E-state index contributed by atoms with van der Waals surface area (Å²) in [6.45, 7) is 3.77. The topological polar surface area (TPSA) is 25.2 Å². The molecule has 0 spiro atoms. The van der Waals surface area contributed by atoms with Crippen molar-refractivity contribution < 1.29 is 13.6 Å². The molecule has 0 aliphatic heterocycles. The number of amides is 1. The summed E-state index contributed by atoms with van der Waals surface area (Å²) in [5.41, 5.74) is 2.33. The second-order valence-corrected chi connectivity index (χ2v) is 7.20. The minimum absolute atomic E-state index is 0.171. The van der Waals surface area contributed by atoms with Crippen molar-refractivity contribution in [2.75, 3.05) is 6.54 Å². The molecule has 3 nitrogen and oxygen atoms in total. The van der Waals surface area contributed by atoms with Crippen molar-refractivity contribution >= 4 is 5.91 Å². The number of hydrogen-bond acceptors (Lipinski definition) is 1. The Kier molecular flexibility index (Phi) is 7.17. The van der Waals surface area contributed by atoms with Gasteiger partial charge in [0.25, 0.3) is 5.91 Å². The van der Waals surface area contributed by atoms with Gasteiger partial charge in [-0.3, -0.25) is 4.79 Å². The number of hydrogen-bond donors (Lipinski definition) is 0. The molecule has 5 heteroatoms. The van der Waals surface area contributed by atoms with Crippen LogP contribution in [0.15, 0.2) is 66.9 Å². The Morgan fingerprint density at radius 2 is 1.76 bits per heavy atom. The molecule has 0 saturated carbocycles. The number of unbranched alkanes of at least 4 members (excludes halogenated alkanes) is 2. The third kappa shape index (κ3) is 5.76. The Bertz CT molecular complexity index is 934. The van der Waals surface area contributed by atoms with Crippen molar-refractivity contribution in [3.8, 4) is 0 Å². The molecular weight excluding hydrogens is 370 g/mol. The molecule has 0 bridgehead atoms. The number of aromatic nitrogens is 1. The molecule has 0 fully saturated rings. The van der Waals surface area contributed by atoms with Gasteiger partial charge in [-0.2, -0.15) is 0 Å². The van der Waals surface area contributed by atoms with Crippen LogP contribution in [0.25, 0.3) is 0 Å². The van der Waals surface area contributed by atoms with E-state index in [-0.39, 0.29) is 11.7 Å². The van der Waals surface area contributed by atoms with Crippen LogP contribution in [0.3, 0.4) is 0 Å². The zero-order chi connectivity index (χ0) is 20.6. The number of halogens is 2. The summed E-state index contributed by atoms with van der Waals surface area (Å²) in [7, 11) is 0. The quantitative estimate of drug-likeness (QED) is 0.429. The van der Waals surface area contributed by atoms with Gasteiger partial charge < -0.3 is 9.47 Å². The smallest absolute Gasteiger partial charge is 0.254 e. The molecule has 1 aromatic heterocycles. The largest absolute Gasteiger partial charge is 0.345 e. The van der Waals surface area contributed by atoms with Gasteiger partial charge in [-0.25, -0.2) is 8.78 Å². The number of rotatable bonds is 9. The van der Waals surface area contributed by atoms with Crippen LogP contribution in [0.1, 0.15) is 47.8 Å². The predicted molar refractivity (Wildman–Crippen MR) is 111 cm³/mol. The number of nitrogens with zero attached hydrogens (tertiary/aromatic N) is 2. The van der Waals surface area contributed by atoms with Crippen LogP contribution < -0.4 is 0 Å². The summed E-state index contributed by atoms with van der Waals surface area (Å²) in [6, 6.07) is 16.2. The maximum Gasteiger partial charge on any atom is 0.254 e. The zero-order valence-electron chi connectivity index (χ0n) is 16.7. The first-order chi connectivity index (χ1) is 14.1. The highest BCUT2D eigenvalue weighted by atomic mass is 19.1. The molecule has 0 saturated heterocycles. The lowest BCUT2D eigenvalue weighted by Crippen LogP contribution is -2.32. The fourth-order valence-electron chi connectivity index (χ4n) is 3.34. The number of carbonyl (C=O) groups is 1. The average Bonchev–Trinajstić information content (AvgIpc) is 3.15. The van der Waals surface area contributed by atoms with Gasteiger partial charge in [0.2, 0.25) is 0 Å². The molecular formula is C24H26F2N2O. The maximum atomic E-state index is 13.6. The van der Waals surface area contributed by atoms with Gasteiger partial charge >= 0.3 is 0 Å². The van der Waals surface area contributed by atoms with E-state index in [1.165, 1.54) is 24.3 Å². The molecule has 152 valence electrons. The van der Waals surface area contributed by atoms with Crippen LogP contribution in [0.5, 0.6) is 0 Å². The van der Waals surface area contributed by atoms with Crippen molar-refractivity contribution in [1.29, 1.82) is 0 Å². The molecule has 0 aliphatic rings. The van der Waals surface area contributed by atoms with Crippen LogP contribution in [0.4, 0.5) is 8.78 Å². The van der Waals surface area contributed by atoms with E-state index in [1.54, 1.807) is 29.2 Å². The van der Waals surface area contributed by atoms with Crippen LogP contribution in [0.2, 0.25) is 0 Å². The summed E-state index contributed by atoms with van der Waals surface area (Å²) in [6.07, 6.45) is 4.94. The molecule has 0 aliphatic carbocycles. The Labute approximate surface area is 170 Å². The van der Waals surface area contributed by atoms with Crippen LogP contribution in [0, 0.1) is 11.6 Å². The predicted octanol–water partition coefficient (Wildman–Crippen LogP) is 5.65. The van der Waals surface area contributed by atoms with E-state index in [2.05, 4.69) is 11.5 Å². The maximum absolute atomic E-state index is 13.6. The number of carbonyl (C=O) groups excluding carboxylic acids is 1. The lowest BCUT2D eigenvalue weighted by Gasteiger charge is -2.24. The molecule has 0 unspecified atom stereocenters. The van der Waals surface area contributed by atoms with Crippen LogP contribution in [-0.2, 0) is 13.1 Å². The fourth-order valence-corrected chi connectivity index (χ4v) is 3.34. The molecule has 2 aromatic carbocycles. The first-order valence-electron chi connectivity index (χ1n) is 10.00. The Morgan fingerprint density at radius 3 is 2.48 bits per heavy atom. The molecule has 0 N–H and O–H groups in total. The molecule has 0 radical (unpaired) electrons. The summed E-state index contributed by atoms with van der Waals surface area (Å²) >= 11 is 0. The minimum Gasteiger partial charge on any atom is -0.345 e. The summed E-state index contributed by atoms with van der Waals surface area (Å²) in [5.74, 6) is -0.844. The number of benzene rings is 2. The fraction of sp³-hybridized carbons (Fsp3) is 0.292. The summed E-state index contributed by atoms with van der Waals surface area (Å²) < 4.78 is 28.8. The van der Waals surface area contributed by atoms with Crippen molar-refractivity contribution in [1.82, 2.24) is 9.47 Å². The molecule has 3 rings (SSSR count). The highest BCUT2D eigenvalue weighted by Gasteiger charge is 2.18. The third-order valence-corrected chi connectivity index (χ3v) is 4.93. The van der Waals surface area contributed by atoms with Crippen LogP contribution >= 0.6 is 0 Å². The van der Waals surface area contributed by atoms with Gasteiger partial charge in [0.15, 0.2) is 0 Å². The van der Waals surface area contributed by atoms with E-state index in [0.29, 0.717) is 25.2 Å². The summed E-state index contributed by atoms with van der Waals surface area (Å²) in [4.78, 5) is 14.8. The van der Waals surface area contributed by atoms with E-state index in [0.717, 1.165) is 30.5 Å². The third-order valence-electron chi connectivity index (χ3n) is 4.93. The van der Waals surface area contributed by atoms with E-state index < -0.39 is 5.82 Å². The lowest BCUT2D eigenvalue weighted by molar-refractivity contribution is 0.0736. The monoisotopic (exact) mass is 396 g/mol. The van der Waals surface area contributed by atoms with E-state index in [4.69, 9.17) is 0 Å². The molecule has 29 heavy (non-hydrogen) atoms.